The van der Waals surface area contributed by atoms with Gasteiger partial charge in [0.15, 0.2) is 0 Å². The lowest BCUT2D eigenvalue weighted by molar-refractivity contribution is -0.0361. The standard InChI is InChI=1S/C18H21F4N5O/c19-10-13-3-6-27(26-13)17-24-15(23-12-1-4-18(21,22)5-2-12)9-16(25-17)28-14-7-11(20)8-14/h3,6,9,11-12,14H,1-2,4-5,7-8,10H2,(H,23,24,25). The molecule has 2 aromatic rings. The Hall–Kier alpha value is -2.39. The fraction of sp³-hybridized carbons (Fsp3) is 0.611. The van der Waals surface area contributed by atoms with E-state index in [9.17, 15) is 17.6 Å². The van der Waals surface area contributed by atoms with Crippen LogP contribution in [0.4, 0.5) is 23.4 Å². The maximum atomic E-state index is 13.4. The Kier molecular flexibility index (Phi) is 5.11. The van der Waals surface area contributed by atoms with E-state index >= 15 is 0 Å². The molecule has 2 aliphatic rings. The van der Waals surface area contributed by atoms with Crippen LogP contribution < -0.4 is 10.1 Å². The van der Waals surface area contributed by atoms with Crippen molar-refractivity contribution in [2.24, 2.45) is 0 Å². The van der Waals surface area contributed by atoms with Gasteiger partial charge in [0.1, 0.15) is 24.8 Å². The van der Waals surface area contributed by atoms with Gasteiger partial charge in [-0.2, -0.15) is 15.1 Å². The minimum Gasteiger partial charge on any atom is -0.474 e. The number of aromatic nitrogens is 4. The predicted molar refractivity (Wildman–Crippen MR) is 93.3 cm³/mol. The fourth-order valence-corrected chi connectivity index (χ4v) is 3.36. The fourth-order valence-electron chi connectivity index (χ4n) is 3.36. The van der Waals surface area contributed by atoms with E-state index in [1.807, 2.05) is 0 Å². The van der Waals surface area contributed by atoms with E-state index in [0.29, 0.717) is 31.5 Å². The summed E-state index contributed by atoms with van der Waals surface area (Å²) in [5, 5.41) is 7.20. The van der Waals surface area contributed by atoms with Gasteiger partial charge in [0, 0.05) is 44.0 Å². The Bertz CT molecular complexity index is 814. The monoisotopic (exact) mass is 399 g/mol. The maximum Gasteiger partial charge on any atom is 0.255 e. The normalized spacial score (nSPS) is 24.6. The minimum atomic E-state index is -2.62. The molecule has 2 aliphatic carbocycles. The lowest BCUT2D eigenvalue weighted by atomic mass is 9.92. The van der Waals surface area contributed by atoms with E-state index in [1.54, 1.807) is 6.07 Å². The maximum absolute atomic E-state index is 13.4. The molecule has 0 saturated heterocycles. The van der Waals surface area contributed by atoms with Gasteiger partial charge < -0.3 is 10.1 Å². The first kappa shape index (κ1) is 18.9. The highest BCUT2D eigenvalue weighted by atomic mass is 19.3. The number of rotatable bonds is 6. The summed E-state index contributed by atoms with van der Waals surface area (Å²) >= 11 is 0. The summed E-state index contributed by atoms with van der Waals surface area (Å²) in [4.78, 5) is 8.64. The summed E-state index contributed by atoms with van der Waals surface area (Å²) in [6.07, 6.45) is 1.28. The molecule has 0 unspecified atom stereocenters. The number of ether oxygens (including phenoxy) is 1. The number of nitrogens with zero attached hydrogens (tertiary/aromatic N) is 4. The van der Waals surface area contributed by atoms with Crippen molar-refractivity contribution < 1.29 is 22.3 Å². The van der Waals surface area contributed by atoms with E-state index in [2.05, 4.69) is 20.4 Å². The van der Waals surface area contributed by atoms with Crippen molar-refractivity contribution in [3.63, 3.8) is 0 Å². The molecular formula is C18H21F4N5O. The molecule has 10 heteroatoms. The van der Waals surface area contributed by atoms with Gasteiger partial charge in [0.05, 0.1) is 5.69 Å². The Balaban J connectivity index is 1.54. The number of alkyl halides is 4. The molecule has 0 atom stereocenters. The highest BCUT2D eigenvalue weighted by Gasteiger charge is 2.35. The van der Waals surface area contributed by atoms with Gasteiger partial charge >= 0.3 is 0 Å². The molecule has 152 valence electrons. The van der Waals surface area contributed by atoms with E-state index in [4.69, 9.17) is 4.74 Å². The van der Waals surface area contributed by atoms with Crippen molar-refractivity contribution in [1.29, 1.82) is 0 Å². The van der Waals surface area contributed by atoms with Crippen LogP contribution in [0.2, 0.25) is 0 Å². The van der Waals surface area contributed by atoms with Gasteiger partial charge in [-0.1, -0.05) is 0 Å². The van der Waals surface area contributed by atoms with Gasteiger partial charge in [-0.3, -0.25) is 0 Å². The second-order valence-electron chi connectivity index (χ2n) is 7.36. The molecule has 0 amide bonds. The lowest BCUT2D eigenvalue weighted by Crippen LogP contribution is -2.35. The summed E-state index contributed by atoms with van der Waals surface area (Å²) in [5.41, 5.74) is 0.234. The van der Waals surface area contributed by atoms with Crippen LogP contribution in [0.3, 0.4) is 0 Å². The molecule has 2 fully saturated rings. The second kappa shape index (κ2) is 7.56. The van der Waals surface area contributed by atoms with Crippen molar-refractivity contribution in [2.75, 3.05) is 5.32 Å². The molecule has 0 aromatic carbocycles. The zero-order chi connectivity index (χ0) is 19.7. The first-order chi connectivity index (χ1) is 13.4. The number of anilines is 1. The predicted octanol–water partition coefficient (Wildman–Crippen LogP) is 4.00. The van der Waals surface area contributed by atoms with Gasteiger partial charge in [-0.25, -0.2) is 22.2 Å². The van der Waals surface area contributed by atoms with Gasteiger partial charge in [0.2, 0.25) is 11.8 Å². The molecule has 1 N–H and O–H groups in total. The highest BCUT2D eigenvalue weighted by molar-refractivity contribution is 5.42. The number of halogens is 4. The molecule has 28 heavy (non-hydrogen) atoms. The van der Waals surface area contributed by atoms with Gasteiger partial charge in [-0.15, -0.1) is 0 Å². The molecule has 2 heterocycles. The van der Waals surface area contributed by atoms with Crippen LogP contribution >= 0.6 is 0 Å². The second-order valence-corrected chi connectivity index (χ2v) is 7.36. The minimum absolute atomic E-state index is 0.145. The smallest absolute Gasteiger partial charge is 0.255 e. The number of nitrogens with one attached hydrogen (secondary N) is 1. The van der Waals surface area contributed by atoms with E-state index < -0.39 is 18.8 Å². The first-order valence-corrected chi connectivity index (χ1v) is 9.35. The van der Waals surface area contributed by atoms with Crippen molar-refractivity contribution >= 4 is 5.82 Å². The summed E-state index contributed by atoms with van der Waals surface area (Å²) in [5.74, 6) is -1.81. The largest absolute Gasteiger partial charge is 0.474 e. The van der Waals surface area contributed by atoms with Crippen molar-refractivity contribution in [3.05, 3.63) is 24.0 Å². The Morgan fingerprint density at radius 1 is 1.21 bits per heavy atom. The molecular weight excluding hydrogens is 378 g/mol. The van der Waals surface area contributed by atoms with Crippen LogP contribution in [0.15, 0.2) is 18.3 Å². The third-order valence-corrected chi connectivity index (χ3v) is 5.07. The summed E-state index contributed by atoms with van der Waals surface area (Å²) in [6, 6.07) is 2.93. The average molecular weight is 399 g/mol. The Morgan fingerprint density at radius 2 is 1.96 bits per heavy atom. The average Bonchev–Trinajstić information content (AvgIpc) is 3.11. The van der Waals surface area contributed by atoms with Crippen LogP contribution in [-0.4, -0.2) is 44.0 Å². The Labute approximate surface area is 159 Å². The van der Waals surface area contributed by atoms with Crippen LogP contribution in [0.1, 0.15) is 44.2 Å². The molecule has 0 spiro atoms. The summed E-state index contributed by atoms with van der Waals surface area (Å²) in [7, 11) is 0. The topological polar surface area (TPSA) is 64.9 Å². The zero-order valence-corrected chi connectivity index (χ0v) is 15.1. The number of hydrogen-bond donors (Lipinski definition) is 1. The molecule has 2 saturated carbocycles. The molecule has 0 bridgehead atoms. The first-order valence-electron chi connectivity index (χ1n) is 9.35. The molecule has 0 radical (unpaired) electrons. The highest BCUT2D eigenvalue weighted by Crippen LogP contribution is 2.34. The van der Waals surface area contributed by atoms with Crippen molar-refractivity contribution in [2.45, 2.75) is 69.4 Å². The Morgan fingerprint density at radius 3 is 2.61 bits per heavy atom. The molecule has 6 nitrogen and oxygen atoms in total. The zero-order valence-electron chi connectivity index (χ0n) is 15.1. The van der Waals surface area contributed by atoms with Crippen LogP contribution in [0.25, 0.3) is 5.95 Å². The van der Waals surface area contributed by atoms with Crippen LogP contribution in [0.5, 0.6) is 5.88 Å². The molecule has 0 aliphatic heterocycles. The lowest BCUT2D eigenvalue weighted by Gasteiger charge is -2.30. The summed E-state index contributed by atoms with van der Waals surface area (Å²) in [6.45, 7) is -0.718. The van der Waals surface area contributed by atoms with E-state index in [1.165, 1.54) is 16.9 Å². The van der Waals surface area contributed by atoms with E-state index in [0.717, 1.165) is 0 Å². The van der Waals surface area contributed by atoms with Crippen molar-refractivity contribution in [3.8, 4) is 11.8 Å². The number of hydrogen-bond acceptors (Lipinski definition) is 5. The quantitative estimate of drug-likeness (QED) is 0.744. The molecule has 2 aromatic heterocycles. The van der Waals surface area contributed by atoms with Gasteiger partial charge in [0.25, 0.3) is 5.95 Å². The van der Waals surface area contributed by atoms with Crippen molar-refractivity contribution in [1.82, 2.24) is 19.7 Å². The third kappa shape index (κ3) is 4.36. The SMILES string of the molecule is FCc1ccn(-c2nc(NC3CCC(F)(F)CC3)cc(OC3CC(F)C3)n2)n1. The van der Waals surface area contributed by atoms with E-state index in [-0.39, 0.29) is 42.5 Å². The van der Waals surface area contributed by atoms with Crippen LogP contribution in [0, 0.1) is 0 Å². The summed E-state index contributed by atoms with van der Waals surface area (Å²) < 4.78 is 59.7. The molecule has 4 rings (SSSR count). The third-order valence-electron chi connectivity index (χ3n) is 5.07. The van der Waals surface area contributed by atoms with Gasteiger partial charge in [-0.05, 0) is 18.9 Å². The van der Waals surface area contributed by atoms with Crippen LogP contribution in [-0.2, 0) is 6.67 Å².